The SMILES string of the molecule is OC1(Cc2cn[nH]c2)CC1. The number of hydrogen-bond donors (Lipinski definition) is 2. The average Bonchev–Trinajstić information content (AvgIpc) is 2.47. The van der Waals surface area contributed by atoms with Gasteiger partial charge in [-0.2, -0.15) is 5.10 Å². The maximum absolute atomic E-state index is 9.46. The number of nitrogens with one attached hydrogen (secondary N) is 1. The highest BCUT2D eigenvalue weighted by Gasteiger charge is 2.40. The number of H-pyrrole nitrogens is 1. The van der Waals surface area contributed by atoms with Crippen molar-refractivity contribution in [3.63, 3.8) is 0 Å². The van der Waals surface area contributed by atoms with Crippen LogP contribution in [0.2, 0.25) is 0 Å². The van der Waals surface area contributed by atoms with Crippen LogP contribution >= 0.6 is 0 Å². The molecule has 54 valence electrons. The molecule has 0 saturated heterocycles. The maximum atomic E-state index is 9.46. The van der Waals surface area contributed by atoms with Crippen LogP contribution in [0.25, 0.3) is 0 Å². The number of aliphatic hydroxyl groups is 1. The second-order valence-electron chi connectivity index (χ2n) is 3.01. The third kappa shape index (κ3) is 1.04. The number of aromatic amines is 1. The Bertz CT molecular complexity index is 214. The van der Waals surface area contributed by atoms with E-state index in [-0.39, 0.29) is 5.60 Å². The standard InChI is InChI=1S/C7H10N2O/c10-7(1-2-7)3-6-4-8-9-5-6/h4-5,10H,1-3H2,(H,8,9). The number of nitrogens with zero attached hydrogens (tertiary/aromatic N) is 1. The lowest BCUT2D eigenvalue weighted by molar-refractivity contribution is 0.151. The summed E-state index contributed by atoms with van der Waals surface area (Å²) < 4.78 is 0. The predicted octanol–water partition coefficient (Wildman–Crippen LogP) is 0.477. The smallest absolute Gasteiger partial charge is 0.0691 e. The van der Waals surface area contributed by atoms with Crippen molar-refractivity contribution in [3.05, 3.63) is 18.0 Å². The topological polar surface area (TPSA) is 48.9 Å². The van der Waals surface area contributed by atoms with Crippen molar-refractivity contribution < 1.29 is 5.11 Å². The highest BCUT2D eigenvalue weighted by molar-refractivity contribution is 5.11. The minimum absolute atomic E-state index is 0.385. The van der Waals surface area contributed by atoms with Crippen LogP contribution < -0.4 is 0 Å². The van der Waals surface area contributed by atoms with Gasteiger partial charge in [-0.25, -0.2) is 0 Å². The normalized spacial score (nSPS) is 20.9. The van der Waals surface area contributed by atoms with E-state index in [9.17, 15) is 5.11 Å². The van der Waals surface area contributed by atoms with Crippen molar-refractivity contribution in [2.24, 2.45) is 0 Å². The van der Waals surface area contributed by atoms with Crippen molar-refractivity contribution in [3.8, 4) is 0 Å². The first-order chi connectivity index (χ1) is 4.79. The van der Waals surface area contributed by atoms with Crippen LogP contribution in [-0.4, -0.2) is 20.9 Å². The average molecular weight is 138 g/mol. The predicted molar refractivity (Wildman–Crippen MR) is 36.5 cm³/mol. The van der Waals surface area contributed by atoms with Gasteiger partial charge >= 0.3 is 0 Å². The molecule has 3 nitrogen and oxygen atoms in total. The first kappa shape index (κ1) is 5.92. The summed E-state index contributed by atoms with van der Waals surface area (Å²) in [5.41, 5.74) is 0.712. The molecule has 0 radical (unpaired) electrons. The Morgan fingerprint density at radius 2 is 2.50 bits per heavy atom. The third-order valence-corrected chi connectivity index (χ3v) is 1.92. The van der Waals surface area contributed by atoms with E-state index < -0.39 is 0 Å². The van der Waals surface area contributed by atoms with Gasteiger partial charge in [-0.05, 0) is 18.4 Å². The molecule has 1 fully saturated rings. The molecular formula is C7H10N2O. The maximum Gasteiger partial charge on any atom is 0.0691 e. The van der Waals surface area contributed by atoms with Crippen LogP contribution in [0.1, 0.15) is 18.4 Å². The molecule has 0 spiro atoms. The minimum atomic E-state index is -0.385. The summed E-state index contributed by atoms with van der Waals surface area (Å²) in [7, 11) is 0. The molecule has 0 bridgehead atoms. The van der Waals surface area contributed by atoms with E-state index in [4.69, 9.17) is 0 Å². The summed E-state index contributed by atoms with van der Waals surface area (Å²) in [5.74, 6) is 0. The Balaban J connectivity index is 2.04. The summed E-state index contributed by atoms with van der Waals surface area (Å²) in [6.07, 6.45) is 6.23. The van der Waals surface area contributed by atoms with E-state index in [1.54, 1.807) is 6.20 Å². The zero-order valence-electron chi connectivity index (χ0n) is 5.67. The van der Waals surface area contributed by atoms with Gasteiger partial charge in [0.25, 0.3) is 0 Å². The van der Waals surface area contributed by atoms with Gasteiger partial charge in [-0.3, -0.25) is 5.10 Å². The number of rotatable bonds is 2. The lowest BCUT2D eigenvalue weighted by Crippen LogP contribution is -2.09. The zero-order valence-corrected chi connectivity index (χ0v) is 5.67. The van der Waals surface area contributed by atoms with E-state index in [1.807, 2.05) is 6.20 Å². The fourth-order valence-electron chi connectivity index (χ4n) is 1.08. The molecule has 3 heteroatoms. The molecule has 1 aromatic rings. The Morgan fingerprint density at radius 1 is 1.70 bits per heavy atom. The highest BCUT2D eigenvalue weighted by atomic mass is 16.3. The summed E-state index contributed by atoms with van der Waals surface area (Å²) in [5, 5.41) is 16.0. The highest BCUT2D eigenvalue weighted by Crippen LogP contribution is 2.37. The fourth-order valence-corrected chi connectivity index (χ4v) is 1.08. The first-order valence-electron chi connectivity index (χ1n) is 3.49. The Morgan fingerprint density at radius 3 is 3.00 bits per heavy atom. The van der Waals surface area contributed by atoms with Crippen LogP contribution in [0.15, 0.2) is 12.4 Å². The first-order valence-corrected chi connectivity index (χ1v) is 3.49. The number of aromatic nitrogens is 2. The molecule has 1 aliphatic carbocycles. The lowest BCUT2D eigenvalue weighted by Gasteiger charge is -2.02. The second kappa shape index (κ2) is 1.83. The molecule has 1 heterocycles. The van der Waals surface area contributed by atoms with Gasteiger partial charge in [0.05, 0.1) is 11.8 Å². The van der Waals surface area contributed by atoms with Crippen molar-refractivity contribution >= 4 is 0 Å². The van der Waals surface area contributed by atoms with E-state index >= 15 is 0 Å². The number of hydrogen-bond acceptors (Lipinski definition) is 2. The minimum Gasteiger partial charge on any atom is -0.390 e. The summed E-state index contributed by atoms with van der Waals surface area (Å²) >= 11 is 0. The molecule has 1 saturated carbocycles. The van der Waals surface area contributed by atoms with Gasteiger partial charge < -0.3 is 5.11 Å². The summed E-state index contributed by atoms with van der Waals surface area (Å²) in [6.45, 7) is 0. The molecule has 0 aromatic carbocycles. The van der Waals surface area contributed by atoms with Gasteiger partial charge in [0, 0.05) is 12.6 Å². The quantitative estimate of drug-likeness (QED) is 0.624. The second-order valence-corrected chi connectivity index (χ2v) is 3.01. The van der Waals surface area contributed by atoms with Crippen molar-refractivity contribution in [2.45, 2.75) is 24.9 Å². The van der Waals surface area contributed by atoms with Gasteiger partial charge in [-0.1, -0.05) is 0 Å². The van der Waals surface area contributed by atoms with Gasteiger partial charge in [0.15, 0.2) is 0 Å². The molecule has 2 N–H and O–H groups in total. The van der Waals surface area contributed by atoms with E-state index in [2.05, 4.69) is 10.2 Å². The monoisotopic (exact) mass is 138 g/mol. The Kier molecular flexibility index (Phi) is 1.08. The Labute approximate surface area is 59.1 Å². The molecule has 2 rings (SSSR count). The lowest BCUT2D eigenvalue weighted by atomic mass is 10.1. The molecule has 1 aliphatic rings. The van der Waals surface area contributed by atoms with Crippen molar-refractivity contribution in [1.29, 1.82) is 0 Å². The Hall–Kier alpha value is -0.830. The zero-order chi connectivity index (χ0) is 7.03. The fraction of sp³-hybridized carbons (Fsp3) is 0.571. The van der Waals surface area contributed by atoms with Crippen molar-refractivity contribution in [1.82, 2.24) is 10.2 Å². The van der Waals surface area contributed by atoms with Gasteiger partial charge in [0.1, 0.15) is 0 Å². The largest absolute Gasteiger partial charge is 0.390 e. The molecule has 0 unspecified atom stereocenters. The third-order valence-electron chi connectivity index (χ3n) is 1.92. The van der Waals surface area contributed by atoms with Crippen LogP contribution in [0.3, 0.4) is 0 Å². The molecule has 0 amide bonds. The molecule has 0 aliphatic heterocycles. The molecule has 1 aromatic heterocycles. The summed E-state index contributed by atoms with van der Waals surface area (Å²) in [4.78, 5) is 0. The molecule has 10 heavy (non-hydrogen) atoms. The van der Waals surface area contributed by atoms with Crippen LogP contribution in [0.4, 0.5) is 0 Å². The van der Waals surface area contributed by atoms with Crippen LogP contribution in [-0.2, 0) is 6.42 Å². The van der Waals surface area contributed by atoms with Gasteiger partial charge in [-0.15, -0.1) is 0 Å². The molecule has 0 atom stereocenters. The van der Waals surface area contributed by atoms with Crippen LogP contribution in [0.5, 0.6) is 0 Å². The van der Waals surface area contributed by atoms with Gasteiger partial charge in [0.2, 0.25) is 0 Å². The summed E-state index contributed by atoms with van der Waals surface area (Å²) in [6, 6.07) is 0. The molecular weight excluding hydrogens is 128 g/mol. The van der Waals surface area contributed by atoms with E-state index in [0.717, 1.165) is 24.8 Å². The van der Waals surface area contributed by atoms with Crippen molar-refractivity contribution in [2.75, 3.05) is 0 Å². The van der Waals surface area contributed by atoms with Crippen LogP contribution in [0, 0.1) is 0 Å². The van der Waals surface area contributed by atoms with E-state index in [1.165, 1.54) is 0 Å². The van der Waals surface area contributed by atoms with E-state index in [0.29, 0.717) is 0 Å².